The summed E-state index contributed by atoms with van der Waals surface area (Å²) in [5.74, 6) is 0. The Labute approximate surface area is 111 Å². The summed E-state index contributed by atoms with van der Waals surface area (Å²) in [5.41, 5.74) is 0. The third-order valence-corrected chi connectivity index (χ3v) is 0. The first-order chi connectivity index (χ1) is 1.73. The third kappa shape index (κ3) is 34.5. The second kappa shape index (κ2) is 10.2. The number of hydrogen-bond donors (Lipinski definition) is 0. The molecule has 0 aromatic carbocycles. The SMILES string of the molecule is O=[N+]([O-])[O-].[Ce].[K+]. The molecule has 6 heteroatoms. The Morgan fingerprint density at radius 1 is 1.33 bits per heavy atom. The molecule has 4 nitrogen and oxygen atoms in total. The molecule has 0 aliphatic heterocycles. The van der Waals surface area contributed by atoms with Gasteiger partial charge in [-0.1, -0.05) is 0 Å². The standard InChI is InChI=1S/Ce.K.NO3/c;;2-1(3)4/q;+1;-1. The van der Waals surface area contributed by atoms with Gasteiger partial charge in [-0.2, -0.15) is 0 Å². The van der Waals surface area contributed by atoms with Crippen LogP contribution in [0, 0.1) is 57.1 Å². The van der Waals surface area contributed by atoms with E-state index in [1.54, 1.807) is 0 Å². The molecular formula is CeKNO3. The fourth-order valence-electron chi connectivity index (χ4n) is 0. The van der Waals surface area contributed by atoms with Crippen LogP contribution in [0.15, 0.2) is 0 Å². The summed E-state index contributed by atoms with van der Waals surface area (Å²) in [5, 5.41) is 14.8. The van der Waals surface area contributed by atoms with Crippen molar-refractivity contribution in [1.29, 1.82) is 0 Å². The van der Waals surface area contributed by atoms with Crippen molar-refractivity contribution in [1.82, 2.24) is 0 Å². The average Bonchev–Trinajstić information content (AvgIpc) is 0.811. The Bertz CT molecular complexity index is 33.8. The molecule has 6 heavy (non-hydrogen) atoms. The minimum absolute atomic E-state index is 0. The smallest absolute Gasteiger partial charge is 0.356 e. The predicted molar refractivity (Wildman–Crippen MR) is 10.4 cm³/mol. The van der Waals surface area contributed by atoms with E-state index in [2.05, 4.69) is 0 Å². The largest absolute Gasteiger partial charge is 1.00 e. The Balaban J connectivity index is -0.0000000450. The van der Waals surface area contributed by atoms with E-state index < -0.39 is 5.09 Å². The summed E-state index contributed by atoms with van der Waals surface area (Å²) in [7, 11) is 0. The molecule has 0 saturated carbocycles. The second-order valence-electron chi connectivity index (χ2n) is 0.224. The minimum atomic E-state index is -1.75. The van der Waals surface area contributed by atoms with Crippen molar-refractivity contribution in [2.24, 2.45) is 0 Å². The van der Waals surface area contributed by atoms with E-state index in [0.29, 0.717) is 0 Å². The van der Waals surface area contributed by atoms with Crippen molar-refractivity contribution >= 4 is 0 Å². The molecule has 0 fully saturated rings. The monoisotopic (exact) mass is 241 g/mol. The van der Waals surface area contributed by atoms with Gasteiger partial charge in [0.25, 0.3) is 0 Å². The van der Waals surface area contributed by atoms with Crippen LogP contribution in [0.25, 0.3) is 0 Å². The topological polar surface area (TPSA) is 66.2 Å². The molecule has 0 amide bonds. The average molecular weight is 241 g/mol. The molecule has 0 saturated heterocycles. The molecule has 0 radical (unpaired) electrons. The fraction of sp³-hybridized carbons (Fsp3) is 0. The molecular weight excluding hydrogens is 241 g/mol. The molecule has 0 aliphatic carbocycles. The van der Waals surface area contributed by atoms with Crippen molar-refractivity contribution in [3.8, 4) is 0 Å². The maximum absolute atomic E-state index is 8.25. The summed E-state index contributed by atoms with van der Waals surface area (Å²) in [6.07, 6.45) is 0. The molecule has 0 spiro atoms. The molecule has 0 unspecified atom stereocenters. The van der Waals surface area contributed by atoms with Gasteiger partial charge in [-0.15, -0.1) is 0 Å². The summed E-state index contributed by atoms with van der Waals surface area (Å²) in [4.78, 5) is 8.25. The van der Waals surface area contributed by atoms with Crippen LogP contribution in [-0.4, -0.2) is 5.09 Å². The minimum Gasteiger partial charge on any atom is -0.356 e. The van der Waals surface area contributed by atoms with Crippen LogP contribution in [0.5, 0.6) is 0 Å². The summed E-state index contributed by atoms with van der Waals surface area (Å²) < 4.78 is 0. The van der Waals surface area contributed by atoms with Gasteiger partial charge in [0.15, 0.2) is 0 Å². The van der Waals surface area contributed by atoms with E-state index in [-0.39, 0.29) is 93.1 Å². The zero-order valence-electron chi connectivity index (χ0n) is 3.17. The van der Waals surface area contributed by atoms with Gasteiger partial charge in [0.1, 0.15) is 0 Å². The quantitative estimate of drug-likeness (QED) is 0.254. The van der Waals surface area contributed by atoms with E-state index >= 15 is 0 Å². The van der Waals surface area contributed by atoms with Gasteiger partial charge in [-0.3, -0.25) is 0 Å². The summed E-state index contributed by atoms with van der Waals surface area (Å²) in [6, 6.07) is 0. The van der Waals surface area contributed by atoms with Crippen molar-refractivity contribution in [3.05, 3.63) is 15.3 Å². The first-order valence-corrected chi connectivity index (χ1v) is 0.548. The first kappa shape index (κ1) is 15.7. The van der Waals surface area contributed by atoms with Crippen LogP contribution < -0.4 is 51.4 Å². The molecule has 0 aliphatic rings. The zero-order valence-corrected chi connectivity index (χ0v) is 9.44. The van der Waals surface area contributed by atoms with Gasteiger partial charge in [0.05, 0.1) is 5.09 Å². The molecule has 0 bridgehead atoms. The second-order valence-corrected chi connectivity index (χ2v) is 0.224. The molecule has 0 aromatic rings. The molecule has 0 heterocycles. The predicted octanol–water partition coefficient (Wildman–Crippen LogP) is -3.24. The molecule has 28 valence electrons. The van der Waals surface area contributed by atoms with Gasteiger partial charge in [0, 0.05) is 41.7 Å². The van der Waals surface area contributed by atoms with Gasteiger partial charge >= 0.3 is 51.4 Å². The van der Waals surface area contributed by atoms with Crippen LogP contribution in [0.4, 0.5) is 0 Å². The molecule has 0 aromatic heterocycles. The number of nitrogens with zero attached hydrogens (tertiary/aromatic N) is 1. The van der Waals surface area contributed by atoms with Gasteiger partial charge in [0.2, 0.25) is 0 Å². The summed E-state index contributed by atoms with van der Waals surface area (Å²) >= 11 is 0. The number of hydrogen-bond acceptors (Lipinski definition) is 3. The van der Waals surface area contributed by atoms with E-state index in [4.69, 9.17) is 15.3 Å². The molecule has 0 rings (SSSR count). The fourth-order valence-corrected chi connectivity index (χ4v) is 0. The van der Waals surface area contributed by atoms with Crippen molar-refractivity contribution in [2.75, 3.05) is 0 Å². The van der Waals surface area contributed by atoms with Gasteiger partial charge in [-0.25, -0.2) is 0 Å². The van der Waals surface area contributed by atoms with Crippen molar-refractivity contribution < 1.29 is 98.2 Å². The Morgan fingerprint density at radius 3 is 1.33 bits per heavy atom. The van der Waals surface area contributed by atoms with E-state index in [9.17, 15) is 0 Å². The van der Waals surface area contributed by atoms with Crippen molar-refractivity contribution in [2.45, 2.75) is 0 Å². The normalized spacial score (nSPS) is 4.00. The van der Waals surface area contributed by atoms with Gasteiger partial charge < -0.3 is 15.3 Å². The van der Waals surface area contributed by atoms with Gasteiger partial charge in [-0.05, 0) is 0 Å². The first-order valence-electron chi connectivity index (χ1n) is 0.548. The van der Waals surface area contributed by atoms with Crippen LogP contribution in [-0.2, 0) is 0 Å². The maximum atomic E-state index is 8.25. The van der Waals surface area contributed by atoms with E-state index in [1.165, 1.54) is 0 Å². The maximum Gasteiger partial charge on any atom is 1.00 e. The van der Waals surface area contributed by atoms with Crippen LogP contribution >= 0.6 is 0 Å². The Hall–Kier alpha value is 2.21. The van der Waals surface area contributed by atoms with E-state index in [1.807, 2.05) is 0 Å². The Morgan fingerprint density at radius 2 is 1.33 bits per heavy atom. The zero-order chi connectivity index (χ0) is 3.58. The van der Waals surface area contributed by atoms with Crippen LogP contribution in [0.2, 0.25) is 0 Å². The third-order valence-electron chi connectivity index (χ3n) is 0. The number of rotatable bonds is 0. The van der Waals surface area contributed by atoms with Crippen LogP contribution in [0.3, 0.4) is 0 Å². The molecule has 0 atom stereocenters. The van der Waals surface area contributed by atoms with Crippen molar-refractivity contribution in [3.63, 3.8) is 0 Å². The molecule has 0 N–H and O–H groups in total. The van der Waals surface area contributed by atoms with E-state index in [0.717, 1.165) is 0 Å². The summed E-state index contributed by atoms with van der Waals surface area (Å²) in [6.45, 7) is 0. The van der Waals surface area contributed by atoms with Crippen LogP contribution in [0.1, 0.15) is 0 Å². The Kier molecular flexibility index (Phi) is 26.9.